The summed E-state index contributed by atoms with van der Waals surface area (Å²) in [5.41, 5.74) is 0.379. The molecule has 0 bridgehead atoms. The first-order chi connectivity index (χ1) is 12.4. The Morgan fingerprint density at radius 2 is 1.67 bits per heavy atom. The van der Waals surface area contributed by atoms with E-state index in [0.29, 0.717) is 25.2 Å². The Hall–Kier alpha value is -0.610. The van der Waals surface area contributed by atoms with Crippen molar-refractivity contribution < 1.29 is 9.53 Å². The molecule has 0 saturated carbocycles. The van der Waals surface area contributed by atoms with Crippen LogP contribution in [0.3, 0.4) is 0 Å². The van der Waals surface area contributed by atoms with Crippen LogP contribution in [0.15, 0.2) is 4.99 Å². The lowest BCUT2D eigenvalue weighted by molar-refractivity contribution is -0.136. The van der Waals surface area contributed by atoms with Crippen LogP contribution >= 0.6 is 24.0 Å². The maximum Gasteiger partial charge on any atom is 0.236 e. The van der Waals surface area contributed by atoms with Crippen molar-refractivity contribution in [2.75, 3.05) is 72.6 Å². The number of nitrogens with one attached hydrogen (secondary N) is 1. The maximum atomic E-state index is 12.4. The van der Waals surface area contributed by atoms with Gasteiger partial charge >= 0.3 is 0 Å². The van der Waals surface area contributed by atoms with Gasteiger partial charge in [0.1, 0.15) is 0 Å². The van der Waals surface area contributed by atoms with Crippen LogP contribution in [0, 0.1) is 5.41 Å². The fourth-order valence-corrected chi connectivity index (χ4v) is 3.37. The van der Waals surface area contributed by atoms with Gasteiger partial charge < -0.3 is 19.9 Å². The van der Waals surface area contributed by atoms with Crippen LogP contribution in [0.2, 0.25) is 0 Å². The van der Waals surface area contributed by atoms with Gasteiger partial charge in [0, 0.05) is 52.9 Å². The van der Waals surface area contributed by atoms with Gasteiger partial charge in [0.05, 0.1) is 19.8 Å². The molecule has 0 aromatic rings. The molecule has 2 rings (SSSR count). The first-order valence-corrected chi connectivity index (χ1v) is 9.92. The molecule has 2 heterocycles. The van der Waals surface area contributed by atoms with Gasteiger partial charge in [-0.2, -0.15) is 0 Å². The molecule has 1 amide bonds. The van der Waals surface area contributed by atoms with Crippen molar-refractivity contribution in [1.82, 2.24) is 20.0 Å². The summed E-state index contributed by atoms with van der Waals surface area (Å²) in [6.45, 7) is 14.7. The quantitative estimate of drug-likeness (QED) is 0.271. The summed E-state index contributed by atoms with van der Waals surface area (Å²) in [6.07, 6.45) is 2.35. The number of carbonyl (C=O) groups is 1. The molecule has 0 spiro atoms. The highest BCUT2D eigenvalue weighted by Crippen LogP contribution is 2.19. The van der Waals surface area contributed by atoms with Crippen LogP contribution < -0.4 is 5.32 Å². The van der Waals surface area contributed by atoms with Crippen LogP contribution in [-0.2, 0) is 9.53 Å². The number of piperazine rings is 1. The lowest BCUT2D eigenvalue weighted by Gasteiger charge is -2.37. The molecule has 8 heteroatoms. The van der Waals surface area contributed by atoms with Crippen LogP contribution in [0.25, 0.3) is 0 Å². The van der Waals surface area contributed by atoms with Gasteiger partial charge in [0.2, 0.25) is 5.91 Å². The van der Waals surface area contributed by atoms with E-state index in [9.17, 15) is 4.79 Å². The highest BCUT2D eigenvalue weighted by Gasteiger charge is 2.24. The van der Waals surface area contributed by atoms with Gasteiger partial charge in [0.25, 0.3) is 0 Å². The monoisotopic (exact) mass is 495 g/mol. The second-order valence-electron chi connectivity index (χ2n) is 8.39. The summed E-state index contributed by atoms with van der Waals surface area (Å²) < 4.78 is 5.32. The molecule has 2 fully saturated rings. The molecule has 0 unspecified atom stereocenters. The Kier molecular flexibility index (Phi) is 10.9. The minimum atomic E-state index is 0. The smallest absolute Gasteiger partial charge is 0.236 e. The molecule has 0 radical (unpaired) electrons. The minimum Gasteiger partial charge on any atom is -0.378 e. The van der Waals surface area contributed by atoms with E-state index in [1.165, 1.54) is 6.42 Å². The second-order valence-corrected chi connectivity index (χ2v) is 8.39. The van der Waals surface area contributed by atoms with Gasteiger partial charge in [-0.1, -0.05) is 20.8 Å². The van der Waals surface area contributed by atoms with E-state index in [1.807, 2.05) is 11.9 Å². The Morgan fingerprint density at radius 3 is 2.22 bits per heavy atom. The lowest BCUT2D eigenvalue weighted by atomic mass is 9.91. The van der Waals surface area contributed by atoms with E-state index < -0.39 is 0 Å². The van der Waals surface area contributed by atoms with Gasteiger partial charge in [0.15, 0.2) is 5.96 Å². The van der Waals surface area contributed by atoms with Crippen molar-refractivity contribution in [3.8, 4) is 0 Å². The molecule has 0 aromatic heterocycles. The van der Waals surface area contributed by atoms with E-state index >= 15 is 0 Å². The number of carbonyl (C=O) groups excluding carboxylic acids is 1. The van der Waals surface area contributed by atoms with Crippen molar-refractivity contribution in [2.45, 2.75) is 33.6 Å². The molecular weight excluding hydrogens is 457 g/mol. The van der Waals surface area contributed by atoms with Crippen molar-refractivity contribution in [2.24, 2.45) is 10.4 Å². The zero-order valence-corrected chi connectivity index (χ0v) is 19.8. The number of guanidine groups is 1. The molecule has 7 nitrogen and oxygen atoms in total. The molecule has 158 valence electrons. The number of morpholine rings is 1. The minimum absolute atomic E-state index is 0. The van der Waals surface area contributed by atoms with Crippen molar-refractivity contribution >= 4 is 35.8 Å². The second kappa shape index (κ2) is 12.1. The van der Waals surface area contributed by atoms with Crippen LogP contribution in [0.5, 0.6) is 0 Å². The molecule has 1 N–H and O–H groups in total. The van der Waals surface area contributed by atoms with E-state index in [-0.39, 0.29) is 29.9 Å². The third-order valence-corrected chi connectivity index (χ3v) is 4.99. The number of amides is 1. The van der Waals surface area contributed by atoms with Gasteiger partial charge in [-0.3, -0.25) is 14.7 Å². The maximum absolute atomic E-state index is 12.4. The Morgan fingerprint density at radius 1 is 1.04 bits per heavy atom. The van der Waals surface area contributed by atoms with E-state index in [0.717, 1.165) is 58.2 Å². The first-order valence-electron chi connectivity index (χ1n) is 9.92. The zero-order valence-electron chi connectivity index (χ0n) is 17.5. The molecule has 2 aliphatic rings. The van der Waals surface area contributed by atoms with Crippen LogP contribution in [0.4, 0.5) is 0 Å². The molecule has 2 saturated heterocycles. The van der Waals surface area contributed by atoms with Crippen molar-refractivity contribution in [3.05, 3.63) is 0 Å². The molecule has 0 atom stereocenters. The normalized spacial score (nSPS) is 19.6. The average molecular weight is 495 g/mol. The van der Waals surface area contributed by atoms with Crippen molar-refractivity contribution in [3.63, 3.8) is 0 Å². The van der Waals surface area contributed by atoms with Crippen LogP contribution in [0.1, 0.15) is 33.6 Å². The topological polar surface area (TPSA) is 60.4 Å². The SMILES string of the molecule is CN=C(NCCCC(C)(C)C)N1CCN(CC(=O)N2CCOCC2)CC1.I. The third-order valence-electron chi connectivity index (χ3n) is 4.99. The highest BCUT2D eigenvalue weighted by molar-refractivity contribution is 14.0. The number of hydrogen-bond acceptors (Lipinski definition) is 4. The fourth-order valence-electron chi connectivity index (χ4n) is 3.37. The number of hydrogen-bond donors (Lipinski definition) is 1. The number of aliphatic imine (C=N–C) groups is 1. The summed E-state index contributed by atoms with van der Waals surface area (Å²) >= 11 is 0. The lowest BCUT2D eigenvalue weighted by Crippen LogP contribution is -2.55. The molecular formula is C19H38IN5O2. The fraction of sp³-hybridized carbons (Fsp3) is 0.895. The highest BCUT2D eigenvalue weighted by atomic mass is 127. The van der Waals surface area contributed by atoms with E-state index in [1.54, 1.807) is 0 Å². The summed E-state index contributed by atoms with van der Waals surface area (Å²) in [4.78, 5) is 23.3. The number of halogens is 1. The number of ether oxygens (including phenoxy) is 1. The Labute approximate surface area is 181 Å². The zero-order chi connectivity index (χ0) is 19.0. The van der Waals surface area contributed by atoms with Gasteiger partial charge in [-0.25, -0.2) is 0 Å². The predicted octanol–water partition coefficient (Wildman–Crippen LogP) is 1.48. The van der Waals surface area contributed by atoms with Crippen LogP contribution in [-0.4, -0.2) is 99.2 Å². The Bertz CT molecular complexity index is 467. The average Bonchev–Trinajstić information content (AvgIpc) is 2.62. The number of nitrogens with zero attached hydrogens (tertiary/aromatic N) is 4. The summed E-state index contributed by atoms with van der Waals surface area (Å²) in [7, 11) is 1.85. The first kappa shape index (κ1) is 24.4. The standard InChI is InChI=1S/C19H37N5O2.HI/c1-19(2,3)6-5-7-21-18(20-4)24-10-8-22(9-11-24)16-17(25)23-12-14-26-15-13-23;/h5-16H2,1-4H3,(H,20,21);1H. The summed E-state index contributed by atoms with van der Waals surface area (Å²) in [5.74, 6) is 1.21. The predicted molar refractivity (Wildman–Crippen MR) is 121 cm³/mol. The largest absolute Gasteiger partial charge is 0.378 e. The molecule has 0 aromatic carbocycles. The van der Waals surface area contributed by atoms with Crippen molar-refractivity contribution in [1.29, 1.82) is 0 Å². The molecule has 27 heavy (non-hydrogen) atoms. The molecule has 0 aliphatic carbocycles. The van der Waals surface area contributed by atoms with E-state index in [2.05, 4.69) is 40.9 Å². The number of rotatable bonds is 5. The molecule has 2 aliphatic heterocycles. The summed E-state index contributed by atoms with van der Waals surface area (Å²) in [6, 6.07) is 0. The van der Waals surface area contributed by atoms with E-state index in [4.69, 9.17) is 4.74 Å². The third kappa shape index (κ3) is 8.95. The summed E-state index contributed by atoms with van der Waals surface area (Å²) in [5, 5.41) is 3.49. The Balaban J connectivity index is 0.00000364. The van der Waals surface area contributed by atoms with Gasteiger partial charge in [-0.15, -0.1) is 24.0 Å². The van der Waals surface area contributed by atoms with Gasteiger partial charge in [-0.05, 0) is 18.3 Å².